The molecule has 0 saturated carbocycles. The minimum Gasteiger partial charge on any atom is -0.507 e. The number of aryl methyl sites for hydroxylation is 1. The second-order valence-electron chi connectivity index (χ2n) is 9.15. The number of aromatic hydroxyl groups is 1. The molecular weight excluding hydrogens is 412 g/mol. The number of hydrogen-bond donors (Lipinski definition) is 5. The summed E-state index contributed by atoms with van der Waals surface area (Å²) in [6.07, 6.45) is -0.261. The third-order valence-electron chi connectivity index (χ3n) is 6.59. The van der Waals surface area contributed by atoms with Gasteiger partial charge in [0.1, 0.15) is 17.6 Å². The first-order valence-electron chi connectivity index (χ1n) is 11.3. The Hall–Kier alpha value is -1.90. The van der Waals surface area contributed by atoms with Gasteiger partial charge in [-0.25, -0.2) is 0 Å². The smallest absolute Gasteiger partial charge is 0.210 e. The first-order chi connectivity index (χ1) is 15.2. The molecule has 1 aromatic rings. The molecule has 1 aliphatic carbocycles. The van der Waals surface area contributed by atoms with E-state index in [0.717, 1.165) is 36.8 Å². The zero-order chi connectivity index (χ0) is 23.6. The van der Waals surface area contributed by atoms with Crippen LogP contribution in [0.2, 0.25) is 0 Å². The van der Waals surface area contributed by atoms with Crippen molar-refractivity contribution < 1.29 is 35.0 Å². The largest absolute Gasteiger partial charge is 0.507 e. The summed E-state index contributed by atoms with van der Waals surface area (Å²) in [4.78, 5) is 0. The molecule has 1 unspecified atom stereocenters. The van der Waals surface area contributed by atoms with Gasteiger partial charge in [0.15, 0.2) is 6.29 Å². The zero-order valence-electron chi connectivity index (χ0n) is 19.1. The van der Waals surface area contributed by atoms with Crippen LogP contribution in [0.4, 0.5) is 0 Å². The molecule has 0 radical (unpaired) electrons. The number of benzene rings is 1. The molecule has 2 aliphatic rings. The maximum atomic E-state index is 11.1. The van der Waals surface area contributed by atoms with Gasteiger partial charge in [-0.3, -0.25) is 0 Å². The summed E-state index contributed by atoms with van der Waals surface area (Å²) in [5, 5.41) is 51.1. The fourth-order valence-electron chi connectivity index (χ4n) is 4.78. The Kier molecular flexibility index (Phi) is 8.01. The third kappa shape index (κ3) is 5.02. The van der Waals surface area contributed by atoms with E-state index >= 15 is 0 Å². The Morgan fingerprint density at radius 1 is 1.22 bits per heavy atom. The van der Waals surface area contributed by atoms with Gasteiger partial charge < -0.3 is 35.0 Å². The summed E-state index contributed by atoms with van der Waals surface area (Å²) < 4.78 is 11.5. The van der Waals surface area contributed by atoms with Gasteiger partial charge >= 0.3 is 0 Å². The van der Waals surface area contributed by atoms with Gasteiger partial charge in [0, 0.05) is 11.5 Å². The third-order valence-corrected chi connectivity index (χ3v) is 6.59. The normalized spacial score (nSPS) is 33.0. The lowest BCUT2D eigenvalue weighted by atomic mass is 9.73. The molecule has 5 N–H and O–H groups in total. The van der Waals surface area contributed by atoms with E-state index in [1.165, 1.54) is 5.57 Å². The summed E-state index contributed by atoms with van der Waals surface area (Å²) >= 11 is 0. The van der Waals surface area contributed by atoms with Crippen LogP contribution in [-0.2, 0) is 11.2 Å². The molecule has 1 heterocycles. The molecule has 3 rings (SSSR count). The lowest BCUT2D eigenvalue weighted by Crippen LogP contribution is -2.57. The quantitative estimate of drug-likeness (QED) is 0.407. The molecule has 0 spiro atoms. The first kappa shape index (κ1) is 24.7. The second kappa shape index (κ2) is 10.4. The van der Waals surface area contributed by atoms with Crippen LogP contribution in [-0.4, -0.2) is 56.9 Å². The van der Waals surface area contributed by atoms with Crippen LogP contribution < -0.4 is 4.74 Å². The van der Waals surface area contributed by atoms with Gasteiger partial charge in [-0.2, -0.15) is 0 Å². The van der Waals surface area contributed by atoms with Crippen LogP contribution >= 0.6 is 0 Å². The van der Waals surface area contributed by atoms with Crippen molar-refractivity contribution in [3.8, 4) is 11.5 Å². The average molecular weight is 449 g/mol. The van der Waals surface area contributed by atoms with Crippen molar-refractivity contribution in [1.82, 2.24) is 0 Å². The highest BCUT2D eigenvalue weighted by Crippen LogP contribution is 2.47. The van der Waals surface area contributed by atoms with Gasteiger partial charge in [-0.15, -0.1) is 0 Å². The van der Waals surface area contributed by atoms with Crippen molar-refractivity contribution in [2.45, 2.75) is 77.2 Å². The number of hydrogen-bond acceptors (Lipinski definition) is 7. The Balaban J connectivity index is 2.07. The van der Waals surface area contributed by atoms with E-state index in [1.54, 1.807) is 6.07 Å². The second-order valence-corrected chi connectivity index (χ2v) is 9.15. The number of phenolic OH excluding ortho intramolecular Hbond substituents is 1. The van der Waals surface area contributed by atoms with E-state index in [2.05, 4.69) is 19.6 Å². The molecule has 1 aliphatic heterocycles. The maximum absolute atomic E-state index is 11.1. The minimum atomic E-state index is -1.66. The van der Waals surface area contributed by atoms with Crippen LogP contribution in [0.3, 0.4) is 0 Å². The van der Waals surface area contributed by atoms with Crippen molar-refractivity contribution in [3.63, 3.8) is 0 Å². The summed E-state index contributed by atoms with van der Waals surface area (Å²) in [5.41, 5.74) is 3.70. The minimum absolute atomic E-state index is 0.102. The Bertz CT molecular complexity index is 849. The predicted molar refractivity (Wildman–Crippen MR) is 120 cm³/mol. The average Bonchev–Trinajstić information content (AvgIpc) is 2.72. The van der Waals surface area contributed by atoms with Gasteiger partial charge in [-0.1, -0.05) is 37.1 Å². The summed E-state index contributed by atoms with van der Waals surface area (Å²) in [6.45, 7) is 9.72. The number of allylic oxidation sites excluding steroid dienone is 3. The number of rotatable bonds is 7. The van der Waals surface area contributed by atoms with Gasteiger partial charge in [0.25, 0.3) is 0 Å². The molecule has 0 aromatic heterocycles. The monoisotopic (exact) mass is 448 g/mol. The van der Waals surface area contributed by atoms with E-state index in [-0.39, 0.29) is 17.6 Å². The van der Waals surface area contributed by atoms with Crippen molar-refractivity contribution in [2.75, 3.05) is 6.61 Å². The highest BCUT2D eigenvalue weighted by atomic mass is 16.7. The molecule has 0 bridgehead atoms. The number of ether oxygens (including phenoxy) is 2. The molecule has 0 amide bonds. The molecule has 7 nitrogen and oxygen atoms in total. The molecule has 1 aromatic carbocycles. The van der Waals surface area contributed by atoms with E-state index < -0.39 is 37.3 Å². The zero-order valence-corrected chi connectivity index (χ0v) is 19.1. The van der Waals surface area contributed by atoms with Crippen LogP contribution in [0.1, 0.15) is 57.1 Å². The molecule has 1 saturated heterocycles. The lowest BCUT2D eigenvalue weighted by molar-refractivity contribution is -0.312. The van der Waals surface area contributed by atoms with Crippen LogP contribution in [0.25, 0.3) is 0 Å². The highest BCUT2D eigenvalue weighted by Gasteiger charge is 2.45. The number of phenols is 1. The van der Waals surface area contributed by atoms with Crippen LogP contribution in [0.15, 0.2) is 35.9 Å². The van der Waals surface area contributed by atoms with E-state index in [9.17, 15) is 25.5 Å². The summed E-state index contributed by atoms with van der Waals surface area (Å²) in [5.74, 6) is -0.550. The van der Waals surface area contributed by atoms with Gasteiger partial charge in [-0.05, 0) is 56.7 Å². The number of aliphatic hydroxyl groups is 4. The van der Waals surface area contributed by atoms with Crippen molar-refractivity contribution in [3.05, 3.63) is 47.1 Å². The molecule has 1 fully saturated rings. The van der Waals surface area contributed by atoms with Crippen LogP contribution in [0.5, 0.6) is 11.5 Å². The molecular formula is C25H36O7. The topological polar surface area (TPSA) is 120 Å². The highest BCUT2D eigenvalue weighted by molar-refractivity contribution is 5.52. The Morgan fingerprint density at radius 2 is 1.94 bits per heavy atom. The first-order valence-corrected chi connectivity index (χ1v) is 11.3. The van der Waals surface area contributed by atoms with Crippen molar-refractivity contribution in [2.24, 2.45) is 11.8 Å². The molecule has 7 atom stereocenters. The summed E-state index contributed by atoms with van der Waals surface area (Å²) in [7, 11) is 0. The number of aliphatic hydroxyl groups excluding tert-OH is 4. The van der Waals surface area contributed by atoms with E-state index in [1.807, 2.05) is 19.9 Å². The van der Waals surface area contributed by atoms with Crippen LogP contribution in [0, 0.1) is 11.8 Å². The van der Waals surface area contributed by atoms with E-state index in [4.69, 9.17) is 9.47 Å². The predicted octanol–water partition coefficient (Wildman–Crippen LogP) is 2.74. The van der Waals surface area contributed by atoms with E-state index in [0.29, 0.717) is 11.3 Å². The Morgan fingerprint density at radius 3 is 2.56 bits per heavy atom. The van der Waals surface area contributed by atoms with Crippen molar-refractivity contribution >= 4 is 0 Å². The lowest BCUT2D eigenvalue weighted by Gasteiger charge is -2.40. The van der Waals surface area contributed by atoms with Gasteiger partial charge in [0.2, 0.25) is 6.29 Å². The van der Waals surface area contributed by atoms with Crippen molar-refractivity contribution in [1.29, 1.82) is 0 Å². The Labute approximate surface area is 189 Å². The standard InChI is InChI=1S/C25H36O7/c1-5-6-15-10-19(27)21(17-9-14(4)7-8-16(17)13(2)3)20(11-15)31-25-18(12-26)22(28)23(29)24(30)32-25/h9-11,16-18,22-30H,2,5-8,12H2,1,3-4H3/t16-,17+,18+,22+,23-,24-,25?/m0/s1. The fourth-order valence-corrected chi connectivity index (χ4v) is 4.78. The molecule has 7 heteroatoms. The molecule has 32 heavy (non-hydrogen) atoms. The summed E-state index contributed by atoms with van der Waals surface area (Å²) in [6, 6.07) is 3.59. The molecule has 178 valence electrons. The van der Waals surface area contributed by atoms with Gasteiger partial charge in [0.05, 0.1) is 18.6 Å². The SMILES string of the molecule is C=C(C)[C@@H]1CCC(C)=C[C@H]1c1c(O)cc(CCC)cc1OC1O[C@H](O)[C@@H](O)[C@H](O)[C@H]1CO. The fraction of sp³-hybridized carbons (Fsp3) is 0.600. The maximum Gasteiger partial charge on any atom is 0.210 e.